The molecule has 1 aromatic carbocycles. The van der Waals surface area contributed by atoms with Crippen molar-refractivity contribution in [1.82, 2.24) is 0 Å². The van der Waals surface area contributed by atoms with Gasteiger partial charge in [0.2, 0.25) is 8.46 Å². The number of unbranched alkanes of at least 4 members (excludes halogenated alkanes) is 1. The van der Waals surface area contributed by atoms with E-state index < -0.39 is 36.0 Å². The Bertz CT molecular complexity index is 1010. The highest BCUT2D eigenvalue weighted by atomic mass is 32.2. The third-order valence-electron chi connectivity index (χ3n) is 5.34. The predicted molar refractivity (Wildman–Crippen MR) is 139 cm³/mol. The third-order valence-corrected chi connectivity index (χ3v) is 8.01. The Morgan fingerprint density at radius 1 is 0.971 bits per heavy atom. The Balaban J connectivity index is 2.56. The van der Waals surface area contributed by atoms with E-state index >= 15 is 0 Å². The normalized spacial score (nSPS) is 14.4. The minimum atomic E-state index is -4.85. The largest absolute Gasteiger partial charge is 0.435 e. The van der Waals surface area contributed by atoms with Crippen LogP contribution in [0, 0.1) is 0 Å². The summed E-state index contributed by atoms with van der Waals surface area (Å²) in [6.45, 7) is 7.56. The van der Waals surface area contributed by atoms with Crippen molar-refractivity contribution in [2.24, 2.45) is 0 Å². The number of ether oxygens (including phenoxy) is 2. The van der Waals surface area contributed by atoms with Crippen molar-refractivity contribution in [3.05, 3.63) is 70.8 Å². The number of benzene rings is 1. The first-order valence-electron chi connectivity index (χ1n) is 11.6. The van der Waals surface area contributed by atoms with Crippen LogP contribution in [-0.4, -0.2) is 30.4 Å². The van der Waals surface area contributed by atoms with Gasteiger partial charge in [0, 0.05) is 6.42 Å². The number of hydrogen-bond acceptors (Lipinski definition) is 6. The third kappa shape index (κ3) is 11.9. The van der Waals surface area contributed by atoms with Gasteiger partial charge < -0.3 is 9.47 Å². The lowest BCUT2D eigenvalue weighted by atomic mass is 10.1. The molecule has 0 saturated carbocycles. The molecule has 0 radical (unpaired) electrons. The van der Waals surface area contributed by atoms with Gasteiger partial charge in [0.1, 0.15) is 0 Å². The standard InChI is InChI=1S/C26H37O7PS/c1-21(2)12-10-14-23(4)16-11-15-22(3)13-8-9-19-26(34-28,35(29,30)31)33-20-32-25(27)24-17-6-5-7-18-24/h5-7,12-13,16-18H,8-11,14-15,19-20H2,1-4H3,(H,29,30,31). The zero-order chi connectivity index (χ0) is 26.3. The fourth-order valence-corrected chi connectivity index (χ4v) is 4.57. The smallest absolute Gasteiger partial charge is 0.340 e. The van der Waals surface area contributed by atoms with Crippen molar-refractivity contribution in [3.8, 4) is 0 Å². The van der Waals surface area contributed by atoms with Gasteiger partial charge in [-0.1, -0.05) is 53.1 Å². The minimum absolute atomic E-state index is 0.229. The molecule has 0 aliphatic heterocycles. The second-order valence-corrected chi connectivity index (χ2v) is 11.5. The minimum Gasteiger partial charge on any atom is -0.435 e. The average Bonchev–Trinajstić information content (AvgIpc) is 2.80. The summed E-state index contributed by atoms with van der Waals surface area (Å²) in [5.41, 5.74) is 4.09. The highest BCUT2D eigenvalue weighted by Crippen LogP contribution is 2.36. The Labute approximate surface area is 211 Å². The number of hydrogen-bond donors (Lipinski definition) is 1. The highest BCUT2D eigenvalue weighted by Gasteiger charge is 2.46. The molecule has 0 amide bonds. The molecule has 7 nitrogen and oxygen atoms in total. The molecule has 0 heterocycles. The molecule has 0 bridgehead atoms. The summed E-state index contributed by atoms with van der Waals surface area (Å²) in [6, 6.07) is 8.08. The maximum Gasteiger partial charge on any atom is 0.340 e. The summed E-state index contributed by atoms with van der Waals surface area (Å²) in [5.74, 6) is -0.725. The molecule has 0 aliphatic carbocycles. The maximum absolute atomic E-state index is 12.0. The molecule has 9 heteroatoms. The van der Waals surface area contributed by atoms with E-state index in [0.29, 0.717) is 12.8 Å². The molecule has 1 N–H and O–H groups in total. The Morgan fingerprint density at radius 3 is 2.09 bits per heavy atom. The summed E-state index contributed by atoms with van der Waals surface area (Å²) in [6.07, 6.45) is 11.0. The van der Waals surface area contributed by atoms with Crippen LogP contribution in [-0.2, 0) is 24.2 Å². The van der Waals surface area contributed by atoms with E-state index in [2.05, 4.69) is 32.9 Å². The predicted octanol–water partition coefficient (Wildman–Crippen LogP) is 7.24. The number of allylic oxidation sites excluding steroid dienone is 6. The first kappa shape index (κ1) is 30.9. The van der Waals surface area contributed by atoms with E-state index in [4.69, 9.17) is 9.47 Å². The van der Waals surface area contributed by atoms with Crippen LogP contribution in [0.25, 0.3) is 0 Å². The van der Waals surface area contributed by atoms with E-state index in [0.717, 1.165) is 31.3 Å². The van der Waals surface area contributed by atoms with Gasteiger partial charge in [0.15, 0.2) is 6.79 Å². The van der Waals surface area contributed by atoms with Crippen molar-refractivity contribution in [2.75, 3.05) is 6.79 Å². The van der Waals surface area contributed by atoms with E-state index in [1.165, 1.54) is 23.3 Å². The van der Waals surface area contributed by atoms with Gasteiger partial charge in [0.25, 0.3) is 4.67 Å². The van der Waals surface area contributed by atoms with Crippen molar-refractivity contribution in [3.63, 3.8) is 0 Å². The lowest BCUT2D eigenvalue weighted by Crippen LogP contribution is -2.36. The summed E-state index contributed by atoms with van der Waals surface area (Å²) in [5, 5.41) is 0. The van der Waals surface area contributed by atoms with Crippen molar-refractivity contribution >= 4 is 24.5 Å². The van der Waals surface area contributed by atoms with Crippen LogP contribution in [0.1, 0.15) is 83.0 Å². The summed E-state index contributed by atoms with van der Waals surface area (Å²) in [7, 11) is -5.78. The van der Waals surface area contributed by atoms with Crippen LogP contribution in [0.5, 0.6) is 0 Å². The van der Waals surface area contributed by atoms with E-state index in [1.54, 1.807) is 18.2 Å². The molecule has 0 saturated heterocycles. The van der Waals surface area contributed by atoms with Gasteiger partial charge in [-0.3, -0.25) is 9.12 Å². The second kappa shape index (κ2) is 15.8. The molecule has 1 aromatic rings. The second-order valence-electron chi connectivity index (χ2n) is 8.69. The number of rotatable bonds is 16. The molecule has 1 unspecified atom stereocenters. The van der Waals surface area contributed by atoms with Gasteiger partial charge in [-0.25, -0.2) is 4.79 Å². The summed E-state index contributed by atoms with van der Waals surface area (Å²) >= 11 is 0. The molecule has 0 spiro atoms. The molecular formula is C26H37O7PS. The molecule has 0 aliphatic rings. The first-order valence-corrected chi connectivity index (χ1v) is 13.9. The fraction of sp³-hybridized carbons (Fsp3) is 0.500. The molecular weight excluding hydrogens is 487 g/mol. The molecule has 0 aromatic heterocycles. The van der Waals surface area contributed by atoms with Crippen LogP contribution in [0.15, 0.2) is 65.3 Å². The zero-order valence-corrected chi connectivity index (χ0v) is 22.7. The van der Waals surface area contributed by atoms with Crippen molar-refractivity contribution in [2.45, 2.75) is 77.3 Å². The van der Waals surface area contributed by atoms with Gasteiger partial charge in [-0.05, 0) is 78.4 Å². The van der Waals surface area contributed by atoms with E-state index in [1.807, 2.05) is 13.0 Å². The summed E-state index contributed by atoms with van der Waals surface area (Å²) in [4.78, 5) is 12.0. The van der Waals surface area contributed by atoms with E-state index in [9.17, 15) is 22.3 Å². The first-order chi connectivity index (χ1) is 16.5. The highest BCUT2D eigenvalue weighted by molar-refractivity contribution is 7.91. The van der Waals surface area contributed by atoms with Crippen LogP contribution in [0.2, 0.25) is 0 Å². The van der Waals surface area contributed by atoms with Crippen LogP contribution < -0.4 is 0 Å². The maximum atomic E-state index is 12.0. The van der Waals surface area contributed by atoms with Gasteiger partial charge in [0.05, 0.1) is 5.56 Å². The van der Waals surface area contributed by atoms with E-state index in [-0.39, 0.29) is 12.0 Å². The molecule has 1 rings (SSSR count). The van der Waals surface area contributed by atoms with Gasteiger partial charge in [-0.2, -0.15) is 8.42 Å². The monoisotopic (exact) mass is 524 g/mol. The number of esters is 1. The molecule has 194 valence electrons. The summed E-state index contributed by atoms with van der Waals surface area (Å²) < 4.78 is 52.9. The van der Waals surface area contributed by atoms with Gasteiger partial charge >= 0.3 is 16.1 Å². The topological polar surface area (TPSA) is 107 Å². The Morgan fingerprint density at radius 2 is 1.54 bits per heavy atom. The average molecular weight is 525 g/mol. The number of carbonyl (C=O) groups is 1. The van der Waals surface area contributed by atoms with Gasteiger partial charge in [-0.15, -0.1) is 0 Å². The Kier molecular flexibility index (Phi) is 13.9. The van der Waals surface area contributed by atoms with Crippen LogP contribution >= 0.6 is 8.46 Å². The number of carbonyl (C=O) groups excluding carboxylic acids is 1. The van der Waals surface area contributed by atoms with Crippen molar-refractivity contribution in [1.29, 1.82) is 0 Å². The SMILES string of the molecule is CC(C)=CCCC(C)=CCCC(C)=CCCCC(OCOC(=O)c1ccccc1)(P=O)S(=O)(=O)O. The molecule has 1 atom stereocenters. The van der Waals surface area contributed by atoms with Crippen molar-refractivity contribution < 1.29 is 31.8 Å². The van der Waals surface area contributed by atoms with Crippen LogP contribution in [0.3, 0.4) is 0 Å². The molecule has 0 fully saturated rings. The lowest BCUT2D eigenvalue weighted by Gasteiger charge is -2.23. The fourth-order valence-electron chi connectivity index (χ4n) is 3.24. The quantitative estimate of drug-likeness (QED) is 0.0606. The lowest BCUT2D eigenvalue weighted by molar-refractivity contribution is -0.0590. The molecule has 35 heavy (non-hydrogen) atoms. The zero-order valence-electron chi connectivity index (χ0n) is 21.0. The van der Waals surface area contributed by atoms with Crippen LogP contribution in [0.4, 0.5) is 0 Å². The Hall–Kier alpha value is -2.12.